The van der Waals surface area contributed by atoms with E-state index in [0.717, 1.165) is 0 Å². The molecule has 0 radical (unpaired) electrons. The molecule has 1 N–H and O–H groups in total. The number of amides is 1. The number of aromatic nitrogens is 1. The molecule has 1 amide bonds. The lowest BCUT2D eigenvalue weighted by Gasteiger charge is -2.11. The van der Waals surface area contributed by atoms with Gasteiger partial charge in [0.15, 0.2) is 5.58 Å². The van der Waals surface area contributed by atoms with Crippen molar-refractivity contribution in [2.24, 2.45) is 0 Å². The second kappa shape index (κ2) is 7.43. The van der Waals surface area contributed by atoms with Gasteiger partial charge in [-0.05, 0) is 36.4 Å². The predicted molar refractivity (Wildman–Crippen MR) is 107 cm³/mol. The molecule has 0 aliphatic heterocycles. The zero-order valence-electron chi connectivity index (χ0n) is 15.3. The number of methoxy groups -OCH3 is 1. The van der Waals surface area contributed by atoms with Crippen LogP contribution in [0.2, 0.25) is 0 Å². The molecule has 8 nitrogen and oxygen atoms in total. The average molecular weight is 389 g/mol. The van der Waals surface area contributed by atoms with Crippen LogP contribution in [-0.4, -0.2) is 22.9 Å². The summed E-state index contributed by atoms with van der Waals surface area (Å²) in [4.78, 5) is 27.7. The molecule has 0 atom stereocenters. The number of fused-ring (bicyclic) bond motifs is 1. The molecule has 0 saturated carbocycles. The van der Waals surface area contributed by atoms with Gasteiger partial charge >= 0.3 is 0 Å². The van der Waals surface area contributed by atoms with Crippen LogP contribution in [0.4, 0.5) is 11.4 Å². The highest BCUT2D eigenvalue weighted by atomic mass is 16.6. The van der Waals surface area contributed by atoms with Gasteiger partial charge in [-0.3, -0.25) is 14.9 Å². The number of anilines is 1. The maximum Gasteiger partial charge on any atom is 0.282 e. The molecule has 1 aromatic heterocycles. The molecule has 0 unspecified atom stereocenters. The first kappa shape index (κ1) is 18.2. The highest BCUT2D eigenvalue weighted by Crippen LogP contribution is 2.32. The number of para-hydroxylation sites is 3. The first-order chi connectivity index (χ1) is 14.1. The van der Waals surface area contributed by atoms with Gasteiger partial charge in [-0.15, -0.1) is 0 Å². The van der Waals surface area contributed by atoms with Crippen molar-refractivity contribution >= 4 is 28.4 Å². The fourth-order valence-corrected chi connectivity index (χ4v) is 2.95. The molecular formula is C21H15N3O5. The minimum absolute atomic E-state index is 0.0492. The summed E-state index contributed by atoms with van der Waals surface area (Å²) in [5.74, 6) is 0.164. The lowest BCUT2D eigenvalue weighted by molar-refractivity contribution is -0.385. The van der Waals surface area contributed by atoms with Crippen molar-refractivity contribution in [2.75, 3.05) is 12.4 Å². The van der Waals surface area contributed by atoms with Crippen LogP contribution < -0.4 is 10.1 Å². The van der Waals surface area contributed by atoms with Gasteiger partial charge in [0.2, 0.25) is 5.89 Å². The fourth-order valence-electron chi connectivity index (χ4n) is 2.95. The maximum absolute atomic E-state index is 12.7. The SMILES string of the molecule is COc1ccc(-c2nc3ccccc3o2)cc1NC(=O)c1ccccc1[N+](=O)[O-]. The average Bonchev–Trinajstić information content (AvgIpc) is 3.18. The lowest BCUT2D eigenvalue weighted by atomic mass is 10.1. The Balaban J connectivity index is 1.71. The summed E-state index contributed by atoms with van der Waals surface area (Å²) >= 11 is 0. The van der Waals surface area contributed by atoms with Crippen LogP contribution in [-0.2, 0) is 0 Å². The summed E-state index contributed by atoms with van der Waals surface area (Å²) in [5.41, 5.74) is 1.99. The van der Waals surface area contributed by atoms with Gasteiger partial charge in [-0.2, -0.15) is 0 Å². The van der Waals surface area contributed by atoms with Crippen molar-refractivity contribution in [3.8, 4) is 17.2 Å². The third kappa shape index (κ3) is 3.51. The standard InChI is InChI=1S/C21H15N3O5/c1-28-18-11-10-13(21-23-15-7-3-5-9-19(15)29-21)12-16(18)22-20(25)14-6-2-4-8-17(14)24(26)27/h2-12H,1H3,(H,22,25). The number of rotatable bonds is 5. The van der Waals surface area contributed by atoms with Crippen LogP contribution >= 0.6 is 0 Å². The zero-order valence-corrected chi connectivity index (χ0v) is 15.3. The van der Waals surface area contributed by atoms with E-state index in [4.69, 9.17) is 9.15 Å². The Morgan fingerprint density at radius 3 is 2.62 bits per heavy atom. The van der Waals surface area contributed by atoms with Crippen molar-refractivity contribution in [1.29, 1.82) is 0 Å². The monoisotopic (exact) mass is 389 g/mol. The molecule has 8 heteroatoms. The van der Waals surface area contributed by atoms with Crippen LogP contribution in [0, 0.1) is 10.1 Å². The van der Waals surface area contributed by atoms with E-state index in [9.17, 15) is 14.9 Å². The largest absolute Gasteiger partial charge is 0.495 e. The minimum Gasteiger partial charge on any atom is -0.495 e. The Kier molecular flexibility index (Phi) is 4.66. The van der Waals surface area contributed by atoms with Gasteiger partial charge in [0.25, 0.3) is 11.6 Å². The summed E-state index contributed by atoms with van der Waals surface area (Å²) in [5, 5.41) is 13.9. The number of hydrogen-bond donors (Lipinski definition) is 1. The van der Waals surface area contributed by atoms with Crippen LogP contribution in [0.25, 0.3) is 22.6 Å². The first-order valence-corrected chi connectivity index (χ1v) is 8.65. The van der Waals surface area contributed by atoms with E-state index in [2.05, 4.69) is 10.3 Å². The maximum atomic E-state index is 12.7. The first-order valence-electron chi connectivity index (χ1n) is 8.65. The van der Waals surface area contributed by atoms with Crippen LogP contribution in [0.3, 0.4) is 0 Å². The molecule has 0 spiro atoms. The molecule has 0 fully saturated rings. The molecule has 1 heterocycles. The van der Waals surface area contributed by atoms with Gasteiger partial charge in [0, 0.05) is 11.6 Å². The fraction of sp³-hybridized carbons (Fsp3) is 0.0476. The topological polar surface area (TPSA) is 108 Å². The normalized spacial score (nSPS) is 10.7. The number of nitro benzene ring substituents is 1. The third-order valence-corrected chi connectivity index (χ3v) is 4.33. The number of ether oxygens (including phenoxy) is 1. The van der Waals surface area contributed by atoms with Crippen molar-refractivity contribution < 1.29 is 18.9 Å². The van der Waals surface area contributed by atoms with Crippen LogP contribution in [0.15, 0.2) is 71.1 Å². The summed E-state index contributed by atoms with van der Waals surface area (Å²) < 4.78 is 11.1. The summed E-state index contributed by atoms with van der Waals surface area (Å²) in [7, 11) is 1.47. The van der Waals surface area contributed by atoms with Gasteiger partial charge < -0.3 is 14.5 Å². The van der Waals surface area contributed by atoms with Crippen molar-refractivity contribution in [3.63, 3.8) is 0 Å². The van der Waals surface area contributed by atoms with E-state index >= 15 is 0 Å². The molecule has 0 aliphatic rings. The smallest absolute Gasteiger partial charge is 0.282 e. The molecule has 4 aromatic rings. The highest BCUT2D eigenvalue weighted by molar-refractivity contribution is 6.08. The highest BCUT2D eigenvalue weighted by Gasteiger charge is 2.21. The number of carbonyl (C=O) groups is 1. The molecule has 144 valence electrons. The number of oxazole rings is 1. The van der Waals surface area contributed by atoms with E-state index in [-0.39, 0.29) is 11.3 Å². The second-order valence-corrected chi connectivity index (χ2v) is 6.13. The van der Waals surface area contributed by atoms with Gasteiger partial charge in [-0.1, -0.05) is 24.3 Å². The summed E-state index contributed by atoms with van der Waals surface area (Å²) in [6.45, 7) is 0. The Hall–Kier alpha value is -4.20. The number of nitro groups is 1. The Bertz CT molecular complexity index is 1200. The number of nitrogens with one attached hydrogen (secondary N) is 1. The Labute approximate surface area is 164 Å². The van der Waals surface area contributed by atoms with Crippen molar-refractivity contribution in [2.45, 2.75) is 0 Å². The van der Waals surface area contributed by atoms with E-state index in [1.54, 1.807) is 24.3 Å². The quantitative estimate of drug-likeness (QED) is 0.393. The molecule has 0 bridgehead atoms. The van der Waals surface area contributed by atoms with Crippen LogP contribution in [0.5, 0.6) is 5.75 Å². The second-order valence-electron chi connectivity index (χ2n) is 6.13. The molecule has 4 rings (SSSR count). The van der Waals surface area contributed by atoms with E-state index in [1.807, 2.05) is 24.3 Å². The number of nitrogens with zero attached hydrogens (tertiary/aromatic N) is 2. The summed E-state index contributed by atoms with van der Waals surface area (Å²) in [6.07, 6.45) is 0. The van der Waals surface area contributed by atoms with E-state index < -0.39 is 10.8 Å². The third-order valence-electron chi connectivity index (χ3n) is 4.33. The lowest BCUT2D eigenvalue weighted by Crippen LogP contribution is -2.14. The van der Waals surface area contributed by atoms with Crippen molar-refractivity contribution in [3.05, 3.63) is 82.4 Å². The van der Waals surface area contributed by atoms with E-state index in [1.165, 1.54) is 25.3 Å². The Morgan fingerprint density at radius 1 is 1.10 bits per heavy atom. The van der Waals surface area contributed by atoms with Crippen molar-refractivity contribution in [1.82, 2.24) is 4.98 Å². The minimum atomic E-state index is -0.620. The number of carbonyl (C=O) groups excluding carboxylic acids is 1. The molecule has 29 heavy (non-hydrogen) atoms. The van der Waals surface area contributed by atoms with Crippen LogP contribution in [0.1, 0.15) is 10.4 Å². The molecule has 0 saturated heterocycles. The molecule has 0 aliphatic carbocycles. The van der Waals surface area contributed by atoms with Gasteiger partial charge in [0.1, 0.15) is 16.8 Å². The Morgan fingerprint density at radius 2 is 1.86 bits per heavy atom. The zero-order chi connectivity index (χ0) is 20.4. The molecular weight excluding hydrogens is 374 g/mol. The summed E-state index contributed by atoms with van der Waals surface area (Å²) in [6, 6.07) is 18.2. The molecule has 3 aromatic carbocycles. The van der Waals surface area contributed by atoms with E-state index in [0.29, 0.717) is 34.0 Å². The predicted octanol–water partition coefficient (Wildman–Crippen LogP) is 4.66. The van der Waals surface area contributed by atoms with Gasteiger partial charge in [0.05, 0.1) is 17.7 Å². The number of hydrogen-bond acceptors (Lipinski definition) is 6. The number of benzene rings is 3. The van der Waals surface area contributed by atoms with Gasteiger partial charge in [-0.25, -0.2) is 4.98 Å².